The summed E-state index contributed by atoms with van der Waals surface area (Å²) in [5, 5.41) is 16.7. The van der Waals surface area contributed by atoms with E-state index in [-0.39, 0.29) is 35.5 Å². The molecule has 2 N–H and O–H groups in total. The standard InChI is InChI=1S/C10H11NO4/c11-8-5-3-1-2-4(15-3)6(5)9(12)7(8)10(13)14/h3-7,11H,1-2H2,(H,13,14). The maximum Gasteiger partial charge on any atom is 0.319 e. The molecule has 3 fully saturated rings. The molecule has 2 bridgehead atoms. The smallest absolute Gasteiger partial charge is 0.319 e. The van der Waals surface area contributed by atoms with Gasteiger partial charge in [0.15, 0.2) is 11.7 Å². The summed E-state index contributed by atoms with van der Waals surface area (Å²) < 4.78 is 5.55. The zero-order valence-electron chi connectivity index (χ0n) is 7.97. The third kappa shape index (κ3) is 0.937. The van der Waals surface area contributed by atoms with Crippen molar-refractivity contribution in [2.24, 2.45) is 17.8 Å². The van der Waals surface area contributed by atoms with Crippen LogP contribution in [0.3, 0.4) is 0 Å². The van der Waals surface area contributed by atoms with Gasteiger partial charge in [0.05, 0.1) is 18.1 Å². The van der Waals surface area contributed by atoms with Gasteiger partial charge in [0.25, 0.3) is 0 Å². The van der Waals surface area contributed by atoms with Gasteiger partial charge in [-0.1, -0.05) is 0 Å². The van der Waals surface area contributed by atoms with Crippen LogP contribution < -0.4 is 0 Å². The Bertz CT molecular complexity index is 350. The minimum absolute atomic E-state index is 0.0599. The number of Topliss-reactive ketones (excluding diaryl/α,β-unsaturated/α-hetero) is 1. The molecule has 5 heteroatoms. The van der Waals surface area contributed by atoms with Crippen molar-refractivity contribution in [1.82, 2.24) is 0 Å². The van der Waals surface area contributed by atoms with Crippen molar-refractivity contribution in [2.45, 2.75) is 25.0 Å². The second-order valence-electron chi connectivity index (χ2n) is 4.47. The van der Waals surface area contributed by atoms with Gasteiger partial charge in [-0.3, -0.25) is 9.59 Å². The predicted molar refractivity (Wildman–Crippen MR) is 48.7 cm³/mol. The summed E-state index contributed by atoms with van der Waals surface area (Å²) in [6.45, 7) is 0. The summed E-state index contributed by atoms with van der Waals surface area (Å²) in [6.07, 6.45) is 1.48. The van der Waals surface area contributed by atoms with Gasteiger partial charge < -0.3 is 15.3 Å². The molecule has 80 valence electrons. The SMILES string of the molecule is N=C1C(C(=O)O)C(=O)C2C3CCC(O3)C12. The lowest BCUT2D eigenvalue weighted by molar-refractivity contribution is -0.143. The van der Waals surface area contributed by atoms with Crippen molar-refractivity contribution in [3.63, 3.8) is 0 Å². The molecule has 0 spiro atoms. The molecule has 2 aliphatic heterocycles. The second-order valence-corrected chi connectivity index (χ2v) is 4.47. The van der Waals surface area contributed by atoms with E-state index in [1.54, 1.807) is 0 Å². The van der Waals surface area contributed by atoms with E-state index in [1.807, 2.05) is 0 Å². The Balaban J connectivity index is 2.00. The average Bonchev–Trinajstić information content (AvgIpc) is 2.79. The molecule has 5 nitrogen and oxygen atoms in total. The number of nitrogens with one attached hydrogen (secondary N) is 1. The molecule has 0 radical (unpaired) electrons. The minimum Gasteiger partial charge on any atom is -0.480 e. The Hall–Kier alpha value is -1.23. The van der Waals surface area contributed by atoms with Crippen LogP contribution in [0.1, 0.15) is 12.8 Å². The fourth-order valence-electron chi connectivity index (χ4n) is 3.23. The number of carboxylic acid groups (broad SMARTS) is 1. The number of carbonyl (C=O) groups is 2. The van der Waals surface area contributed by atoms with Crippen LogP contribution in [0.25, 0.3) is 0 Å². The average molecular weight is 209 g/mol. The summed E-state index contributed by atoms with van der Waals surface area (Å²) in [7, 11) is 0. The quantitative estimate of drug-likeness (QED) is 0.599. The Morgan fingerprint density at radius 1 is 1.33 bits per heavy atom. The maximum absolute atomic E-state index is 11.8. The van der Waals surface area contributed by atoms with Crippen LogP contribution in [0, 0.1) is 23.2 Å². The number of carboxylic acids is 1. The number of ketones is 1. The van der Waals surface area contributed by atoms with Crippen LogP contribution in [0.5, 0.6) is 0 Å². The largest absolute Gasteiger partial charge is 0.480 e. The van der Waals surface area contributed by atoms with Crippen molar-refractivity contribution >= 4 is 17.5 Å². The van der Waals surface area contributed by atoms with Gasteiger partial charge in [0, 0.05) is 11.6 Å². The number of hydrogen-bond donors (Lipinski definition) is 2. The second kappa shape index (κ2) is 2.66. The molecule has 0 aromatic heterocycles. The fraction of sp³-hybridized carbons (Fsp3) is 0.700. The number of aliphatic carboxylic acids is 1. The summed E-state index contributed by atoms with van der Waals surface area (Å²) in [6, 6.07) is 0. The molecule has 3 aliphatic rings. The van der Waals surface area contributed by atoms with Crippen LogP contribution >= 0.6 is 0 Å². The van der Waals surface area contributed by atoms with Gasteiger partial charge in [0.2, 0.25) is 0 Å². The highest BCUT2D eigenvalue weighted by Gasteiger charge is 2.62. The fourth-order valence-corrected chi connectivity index (χ4v) is 3.23. The molecule has 5 unspecified atom stereocenters. The molecule has 0 amide bonds. The zero-order chi connectivity index (χ0) is 10.7. The van der Waals surface area contributed by atoms with Crippen LogP contribution in [0.4, 0.5) is 0 Å². The summed E-state index contributed by atoms with van der Waals surface area (Å²) in [4.78, 5) is 22.7. The van der Waals surface area contributed by atoms with Crippen molar-refractivity contribution in [3.8, 4) is 0 Å². The number of hydrogen-bond acceptors (Lipinski definition) is 4. The van der Waals surface area contributed by atoms with Gasteiger partial charge in [-0.25, -0.2) is 0 Å². The predicted octanol–water partition coefficient (Wildman–Crippen LogP) is 0.0833. The van der Waals surface area contributed by atoms with E-state index < -0.39 is 11.9 Å². The normalized spacial score (nSPS) is 47.3. The van der Waals surface area contributed by atoms with Gasteiger partial charge in [-0.05, 0) is 12.8 Å². The number of carbonyl (C=O) groups excluding carboxylic acids is 1. The number of rotatable bonds is 1. The first-order valence-electron chi connectivity index (χ1n) is 5.11. The van der Waals surface area contributed by atoms with Crippen molar-refractivity contribution in [1.29, 1.82) is 5.41 Å². The molecule has 1 saturated carbocycles. The molecule has 0 aromatic rings. The summed E-state index contributed by atoms with van der Waals surface area (Å²) in [5.74, 6) is -3.30. The molecule has 1 aliphatic carbocycles. The van der Waals surface area contributed by atoms with Crippen LogP contribution in [0.2, 0.25) is 0 Å². The van der Waals surface area contributed by atoms with Gasteiger partial charge in [-0.2, -0.15) is 0 Å². The highest BCUT2D eigenvalue weighted by Crippen LogP contribution is 2.50. The third-order valence-corrected chi connectivity index (χ3v) is 3.80. The first-order chi connectivity index (χ1) is 7.11. The Morgan fingerprint density at radius 2 is 1.93 bits per heavy atom. The number of ether oxygens (including phenoxy) is 1. The Morgan fingerprint density at radius 3 is 2.47 bits per heavy atom. The molecule has 2 saturated heterocycles. The van der Waals surface area contributed by atoms with E-state index in [0.717, 1.165) is 12.8 Å². The first-order valence-corrected chi connectivity index (χ1v) is 5.11. The van der Waals surface area contributed by atoms with Crippen LogP contribution in [0.15, 0.2) is 0 Å². The lowest BCUT2D eigenvalue weighted by Crippen LogP contribution is -2.29. The maximum atomic E-state index is 11.8. The lowest BCUT2D eigenvalue weighted by Gasteiger charge is -2.18. The van der Waals surface area contributed by atoms with Crippen molar-refractivity contribution in [2.75, 3.05) is 0 Å². The highest BCUT2D eigenvalue weighted by atomic mass is 16.5. The third-order valence-electron chi connectivity index (χ3n) is 3.80. The number of fused-ring (bicyclic) bond motifs is 5. The van der Waals surface area contributed by atoms with Crippen molar-refractivity contribution in [3.05, 3.63) is 0 Å². The van der Waals surface area contributed by atoms with E-state index in [9.17, 15) is 9.59 Å². The van der Waals surface area contributed by atoms with Gasteiger partial charge >= 0.3 is 5.97 Å². The topological polar surface area (TPSA) is 87.5 Å². The van der Waals surface area contributed by atoms with E-state index >= 15 is 0 Å². The van der Waals surface area contributed by atoms with Crippen LogP contribution in [-0.2, 0) is 14.3 Å². The molecular weight excluding hydrogens is 198 g/mol. The van der Waals surface area contributed by atoms with E-state index in [1.165, 1.54) is 0 Å². The molecular formula is C10H11NO4. The molecule has 5 atom stereocenters. The van der Waals surface area contributed by atoms with Gasteiger partial charge in [0.1, 0.15) is 0 Å². The zero-order valence-corrected chi connectivity index (χ0v) is 7.97. The lowest BCUT2D eigenvalue weighted by atomic mass is 9.81. The Kier molecular flexibility index (Phi) is 1.60. The van der Waals surface area contributed by atoms with E-state index in [2.05, 4.69) is 0 Å². The molecule has 15 heavy (non-hydrogen) atoms. The summed E-state index contributed by atoms with van der Waals surface area (Å²) >= 11 is 0. The van der Waals surface area contributed by atoms with E-state index in [4.69, 9.17) is 15.3 Å². The van der Waals surface area contributed by atoms with E-state index in [0.29, 0.717) is 0 Å². The Labute approximate surface area is 85.9 Å². The van der Waals surface area contributed by atoms with Gasteiger partial charge in [-0.15, -0.1) is 0 Å². The minimum atomic E-state index is -1.20. The van der Waals surface area contributed by atoms with Crippen LogP contribution in [-0.4, -0.2) is 34.8 Å². The molecule has 2 heterocycles. The summed E-state index contributed by atoms with van der Waals surface area (Å²) in [5.41, 5.74) is 0.0599. The highest BCUT2D eigenvalue weighted by molar-refractivity contribution is 6.24. The first kappa shape index (κ1) is 9.03. The molecule has 3 rings (SSSR count). The monoisotopic (exact) mass is 209 g/mol. The molecule has 0 aromatic carbocycles. The van der Waals surface area contributed by atoms with Crippen molar-refractivity contribution < 1.29 is 19.4 Å².